The molecule has 1 aliphatic carbocycles. The quantitative estimate of drug-likeness (QED) is 0.820. The molecule has 2 amide bonds. The van der Waals surface area contributed by atoms with Crippen molar-refractivity contribution >= 4 is 12.0 Å². The lowest BCUT2D eigenvalue weighted by Gasteiger charge is -2.24. The number of aromatic nitrogens is 2. The molecule has 1 saturated heterocycles. The lowest BCUT2D eigenvalue weighted by molar-refractivity contribution is -0.149. The summed E-state index contributed by atoms with van der Waals surface area (Å²) in [5, 5.41) is 16.5. The van der Waals surface area contributed by atoms with Gasteiger partial charge in [0, 0.05) is 13.1 Å². The molecular formula is C20H24N4O4. The molecule has 1 aromatic carbocycles. The van der Waals surface area contributed by atoms with Crippen molar-refractivity contribution in [3.8, 4) is 0 Å². The third-order valence-electron chi connectivity index (χ3n) is 5.99. The van der Waals surface area contributed by atoms with Gasteiger partial charge in [-0.25, -0.2) is 4.79 Å². The van der Waals surface area contributed by atoms with Crippen LogP contribution in [-0.4, -0.2) is 45.2 Å². The highest BCUT2D eigenvalue weighted by Crippen LogP contribution is 2.48. The van der Waals surface area contributed by atoms with Crippen molar-refractivity contribution in [2.24, 2.45) is 11.3 Å². The standard InChI is InChI=1S/C20H24N4O4/c1-13(17-22-16(28-23-17)10-14-6-3-2-4-7-14)21-19(27)24-11-15-8-5-9-20(15,12-24)18(25)26/h2-4,6-7,13,15H,5,8-12H2,1H3,(H,21,27)(H,25,26)/t13?,15-,20+/m0/s1. The molecule has 1 aliphatic heterocycles. The van der Waals surface area contributed by atoms with Crippen LogP contribution in [-0.2, 0) is 11.2 Å². The van der Waals surface area contributed by atoms with E-state index in [4.69, 9.17) is 4.52 Å². The van der Waals surface area contributed by atoms with E-state index in [9.17, 15) is 14.7 Å². The topological polar surface area (TPSA) is 109 Å². The summed E-state index contributed by atoms with van der Waals surface area (Å²) in [5.74, 6) is 0.144. The molecule has 2 aliphatic rings. The minimum atomic E-state index is -0.790. The zero-order valence-corrected chi connectivity index (χ0v) is 15.8. The number of urea groups is 1. The zero-order chi connectivity index (χ0) is 19.7. The number of nitrogens with zero attached hydrogens (tertiary/aromatic N) is 3. The van der Waals surface area contributed by atoms with E-state index in [1.165, 1.54) is 0 Å². The fourth-order valence-corrected chi connectivity index (χ4v) is 4.42. The second kappa shape index (κ2) is 7.26. The summed E-state index contributed by atoms with van der Waals surface area (Å²) in [6.45, 7) is 2.53. The zero-order valence-electron chi connectivity index (χ0n) is 15.8. The van der Waals surface area contributed by atoms with Gasteiger partial charge in [0.15, 0.2) is 5.82 Å². The normalized spacial score (nSPS) is 24.8. The molecule has 0 radical (unpaired) electrons. The Balaban J connectivity index is 1.37. The Morgan fingerprint density at radius 1 is 1.39 bits per heavy atom. The van der Waals surface area contributed by atoms with Crippen LogP contribution in [0.25, 0.3) is 0 Å². The number of aliphatic carboxylic acids is 1. The molecule has 4 rings (SSSR count). The van der Waals surface area contributed by atoms with Gasteiger partial charge in [-0.15, -0.1) is 0 Å². The Kier molecular flexibility index (Phi) is 4.78. The fourth-order valence-electron chi connectivity index (χ4n) is 4.42. The van der Waals surface area contributed by atoms with Gasteiger partial charge in [-0.2, -0.15) is 4.98 Å². The largest absolute Gasteiger partial charge is 0.481 e. The fraction of sp³-hybridized carbons (Fsp3) is 0.500. The van der Waals surface area contributed by atoms with E-state index in [2.05, 4.69) is 15.5 Å². The minimum Gasteiger partial charge on any atom is -0.481 e. The Morgan fingerprint density at radius 2 is 2.18 bits per heavy atom. The molecule has 0 bridgehead atoms. The average molecular weight is 384 g/mol. The molecule has 1 unspecified atom stereocenters. The molecule has 2 aromatic rings. The van der Waals surface area contributed by atoms with E-state index >= 15 is 0 Å². The summed E-state index contributed by atoms with van der Waals surface area (Å²) >= 11 is 0. The van der Waals surface area contributed by atoms with Gasteiger partial charge in [-0.1, -0.05) is 41.9 Å². The lowest BCUT2D eigenvalue weighted by Crippen LogP contribution is -2.42. The first-order valence-electron chi connectivity index (χ1n) is 9.63. The predicted octanol–water partition coefficient (Wildman–Crippen LogP) is 2.62. The van der Waals surface area contributed by atoms with Crippen LogP contribution >= 0.6 is 0 Å². The molecule has 2 heterocycles. The van der Waals surface area contributed by atoms with Gasteiger partial charge in [0.25, 0.3) is 0 Å². The Morgan fingerprint density at radius 3 is 2.89 bits per heavy atom. The van der Waals surface area contributed by atoms with E-state index in [1.54, 1.807) is 11.8 Å². The number of carboxylic acids is 1. The summed E-state index contributed by atoms with van der Waals surface area (Å²) in [4.78, 5) is 30.4. The number of nitrogens with one attached hydrogen (secondary N) is 1. The molecule has 3 atom stereocenters. The molecule has 8 heteroatoms. The third kappa shape index (κ3) is 3.34. The van der Waals surface area contributed by atoms with Crippen molar-refractivity contribution in [3.63, 3.8) is 0 Å². The highest BCUT2D eigenvalue weighted by Gasteiger charge is 2.55. The number of amides is 2. The summed E-state index contributed by atoms with van der Waals surface area (Å²) in [5.41, 5.74) is 0.284. The highest BCUT2D eigenvalue weighted by molar-refractivity contribution is 5.80. The van der Waals surface area contributed by atoms with Gasteiger partial charge in [0.1, 0.15) is 0 Å². The number of carbonyl (C=O) groups excluding carboxylic acids is 1. The molecule has 2 N–H and O–H groups in total. The first-order valence-corrected chi connectivity index (χ1v) is 9.63. The summed E-state index contributed by atoms with van der Waals surface area (Å²) in [7, 11) is 0. The molecule has 2 fully saturated rings. The maximum absolute atomic E-state index is 12.7. The van der Waals surface area contributed by atoms with Crippen molar-refractivity contribution in [2.45, 2.75) is 38.6 Å². The SMILES string of the molecule is CC(NC(=O)N1C[C@@H]2CCC[C@@]2(C(=O)O)C1)c1noc(Cc2ccccc2)n1. The minimum absolute atomic E-state index is 0.0358. The number of hydrogen-bond acceptors (Lipinski definition) is 5. The van der Waals surface area contributed by atoms with Crippen LogP contribution in [0, 0.1) is 11.3 Å². The summed E-state index contributed by atoms with van der Waals surface area (Å²) in [6, 6.07) is 9.10. The van der Waals surface area contributed by atoms with E-state index in [1.807, 2.05) is 30.3 Å². The van der Waals surface area contributed by atoms with Crippen molar-refractivity contribution in [1.82, 2.24) is 20.4 Å². The lowest BCUT2D eigenvalue weighted by atomic mass is 9.81. The van der Waals surface area contributed by atoms with Crippen molar-refractivity contribution in [3.05, 3.63) is 47.6 Å². The van der Waals surface area contributed by atoms with Crippen LogP contribution in [0.15, 0.2) is 34.9 Å². The third-order valence-corrected chi connectivity index (χ3v) is 5.99. The van der Waals surface area contributed by atoms with Gasteiger partial charge >= 0.3 is 12.0 Å². The maximum atomic E-state index is 12.7. The van der Waals surface area contributed by atoms with Crippen LogP contribution < -0.4 is 5.32 Å². The van der Waals surface area contributed by atoms with Crippen LogP contribution in [0.3, 0.4) is 0 Å². The van der Waals surface area contributed by atoms with E-state index in [0.29, 0.717) is 31.1 Å². The smallest absolute Gasteiger partial charge is 0.318 e. The maximum Gasteiger partial charge on any atom is 0.318 e. The van der Waals surface area contributed by atoms with E-state index in [-0.39, 0.29) is 18.5 Å². The van der Waals surface area contributed by atoms with E-state index < -0.39 is 17.4 Å². The van der Waals surface area contributed by atoms with Crippen LogP contribution in [0.1, 0.15) is 49.5 Å². The number of rotatable bonds is 5. The molecule has 28 heavy (non-hydrogen) atoms. The van der Waals surface area contributed by atoms with Crippen LogP contribution in [0.4, 0.5) is 4.79 Å². The molecule has 0 spiro atoms. The highest BCUT2D eigenvalue weighted by atomic mass is 16.5. The molecule has 1 aromatic heterocycles. The van der Waals surface area contributed by atoms with Crippen molar-refractivity contribution < 1.29 is 19.2 Å². The van der Waals surface area contributed by atoms with Gasteiger partial charge in [0.05, 0.1) is 17.9 Å². The van der Waals surface area contributed by atoms with Gasteiger partial charge < -0.3 is 19.8 Å². The first kappa shape index (κ1) is 18.5. The van der Waals surface area contributed by atoms with Gasteiger partial charge in [0.2, 0.25) is 5.89 Å². The van der Waals surface area contributed by atoms with Crippen molar-refractivity contribution in [2.75, 3.05) is 13.1 Å². The number of carboxylic acid groups (broad SMARTS) is 1. The van der Waals surface area contributed by atoms with Crippen LogP contribution in [0.5, 0.6) is 0 Å². The van der Waals surface area contributed by atoms with E-state index in [0.717, 1.165) is 18.4 Å². The number of carbonyl (C=O) groups is 2. The monoisotopic (exact) mass is 384 g/mol. The van der Waals surface area contributed by atoms with Crippen LogP contribution in [0.2, 0.25) is 0 Å². The Bertz CT molecular complexity index is 868. The molecule has 1 saturated carbocycles. The van der Waals surface area contributed by atoms with Crippen molar-refractivity contribution in [1.29, 1.82) is 0 Å². The Labute approximate surface area is 162 Å². The summed E-state index contributed by atoms with van der Waals surface area (Å²) in [6.07, 6.45) is 2.94. The number of likely N-dealkylation sites (tertiary alicyclic amines) is 1. The molecule has 8 nitrogen and oxygen atoms in total. The average Bonchev–Trinajstić information content (AvgIpc) is 3.36. The molecular weight excluding hydrogens is 360 g/mol. The van der Waals surface area contributed by atoms with Gasteiger partial charge in [-0.3, -0.25) is 4.79 Å². The number of fused-ring (bicyclic) bond motifs is 1. The second-order valence-corrected chi connectivity index (χ2v) is 7.81. The number of hydrogen-bond donors (Lipinski definition) is 2. The number of benzene rings is 1. The first-order chi connectivity index (χ1) is 13.5. The summed E-state index contributed by atoms with van der Waals surface area (Å²) < 4.78 is 5.30. The Hall–Kier alpha value is -2.90. The predicted molar refractivity (Wildman–Crippen MR) is 99.5 cm³/mol. The molecule has 148 valence electrons. The second-order valence-electron chi connectivity index (χ2n) is 7.81. The van der Waals surface area contributed by atoms with Gasteiger partial charge in [-0.05, 0) is 31.2 Å².